The number of nitrogens with one attached hydrogen (secondary N) is 1. The van der Waals surface area contributed by atoms with Gasteiger partial charge < -0.3 is 10.2 Å². The van der Waals surface area contributed by atoms with Gasteiger partial charge in [-0.25, -0.2) is 0 Å². The van der Waals surface area contributed by atoms with Gasteiger partial charge in [0.25, 0.3) is 15.9 Å². The summed E-state index contributed by atoms with van der Waals surface area (Å²) in [6.07, 6.45) is 1.89. The lowest BCUT2D eigenvalue weighted by Crippen LogP contribution is -2.34. The lowest BCUT2D eigenvalue weighted by molar-refractivity contribution is 0.102. The minimum atomic E-state index is -3.84. The van der Waals surface area contributed by atoms with E-state index < -0.39 is 15.9 Å². The van der Waals surface area contributed by atoms with Gasteiger partial charge in [-0.3, -0.25) is 4.79 Å². The number of sulfonamides is 1. The van der Waals surface area contributed by atoms with Gasteiger partial charge in [0.2, 0.25) is 0 Å². The SMILES string of the molecule is CCCCN1C(C)=NS(=O)(=O)c2cc(C(=O)Nc3ccc(Cl)cc3C)ccc21. The number of aryl methyl sites for hydroxylation is 1. The second kappa shape index (κ2) is 7.93. The monoisotopic (exact) mass is 419 g/mol. The van der Waals surface area contributed by atoms with E-state index in [9.17, 15) is 13.2 Å². The van der Waals surface area contributed by atoms with E-state index >= 15 is 0 Å². The molecule has 3 rings (SSSR count). The number of hydrogen-bond donors (Lipinski definition) is 1. The highest BCUT2D eigenvalue weighted by Gasteiger charge is 2.29. The van der Waals surface area contributed by atoms with Gasteiger partial charge in [-0.2, -0.15) is 8.42 Å². The van der Waals surface area contributed by atoms with Crippen LogP contribution in [0.1, 0.15) is 42.6 Å². The molecule has 1 aliphatic rings. The van der Waals surface area contributed by atoms with Crippen molar-refractivity contribution >= 4 is 44.7 Å². The van der Waals surface area contributed by atoms with Crippen LogP contribution in [0.3, 0.4) is 0 Å². The lowest BCUT2D eigenvalue weighted by Gasteiger charge is -2.29. The summed E-state index contributed by atoms with van der Waals surface area (Å²) in [5, 5.41) is 3.38. The number of halogens is 1. The molecule has 148 valence electrons. The summed E-state index contributed by atoms with van der Waals surface area (Å²) < 4.78 is 29.0. The van der Waals surface area contributed by atoms with Crippen LogP contribution in [-0.4, -0.2) is 26.7 Å². The highest BCUT2D eigenvalue weighted by Crippen LogP contribution is 2.33. The standard InChI is InChI=1S/C20H22ClN3O3S/c1-4-5-10-24-14(3)23-28(26,27)19-12-15(6-9-18(19)24)20(25)22-17-8-7-16(21)11-13(17)2/h6-9,11-12H,4-5,10H2,1-3H3,(H,22,25). The van der Waals surface area contributed by atoms with Gasteiger partial charge >= 0.3 is 0 Å². The predicted octanol–water partition coefficient (Wildman–Crippen LogP) is 4.63. The molecule has 28 heavy (non-hydrogen) atoms. The average molecular weight is 420 g/mol. The van der Waals surface area contributed by atoms with Crippen LogP contribution < -0.4 is 10.2 Å². The molecular formula is C20H22ClN3O3S. The molecule has 8 heteroatoms. The molecule has 0 radical (unpaired) electrons. The smallest absolute Gasteiger partial charge is 0.286 e. The first kappa shape index (κ1) is 20.4. The van der Waals surface area contributed by atoms with E-state index in [2.05, 4.69) is 16.6 Å². The number of benzene rings is 2. The number of nitrogens with zero attached hydrogens (tertiary/aromatic N) is 2. The van der Waals surface area contributed by atoms with Crippen molar-refractivity contribution in [3.63, 3.8) is 0 Å². The Hall–Kier alpha value is -2.38. The Balaban J connectivity index is 1.95. The second-order valence-corrected chi connectivity index (χ2v) is 8.72. The van der Waals surface area contributed by atoms with Crippen LogP contribution in [-0.2, 0) is 10.0 Å². The van der Waals surface area contributed by atoms with Crippen LogP contribution in [0.4, 0.5) is 11.4 Å². The molecule has 6 nitrogen and oxygen atoms in total. The fourth-order valence-corrected chi connectivity index (χ4v) is 4.58. The van der Waals surface area contributed by atoms with Crippen molar-refractivity contribution in [1.29, 1.82) is 0 Å². The molecule has 1 amide bonds. The van der Waals surface area contributed by atoms with Crippen LogP contribution >= 0.6 is 11.6 Å². The van der Waals surface area contributed by atoms with Crippen molar-refractivity contribution in [2.24, 2.45) is 4.40 Å². The molecule has 2 aromatic carbocycles. The maximum absolute atomic E-state index is 12.7. The Morgan fingerprint density at radius 2 is 1.93 bits per heavy atom. The van der Waals surface area contributed by atoms with Crippen LogP contribution in [0.15, 0.2) is 45.7 Å². The molecule has 0 saturated carbocycles. The van der Waals surface area contributed by atoms with Gasteiger partial charge in [-0.15, -0.1) is 4.40 Å². The van der Waals surface area contributed by atoms with Gasteiger partial charge in [0.1, 0.15) is 10.7 Å². The zero-order valence-electron chi connectivity index (χ0n) is 16.0. The summed E-state index contributed by atoms with van der Waals surface area (Å²) in [6, 6.07) is 9.84. The molecule has 0 aliphatic carbocycles. The highest BCUT2D eigenvalue weighted by atomic mass is 35.5. The van der Waals surface area contributed by atoms with Gasteiger partial charge in [0.15, 0.2) is 0 Å². The number of rotatable bonds is 5. The van der Waals surface area contributed by atoms with Crippen molar-refractivity contribution in [3.05, 3.63) is 52.5 Å². The van der Waals surface area contributed by atoms with E-state index in [-0.39, 0.29) is 10.5 Å². The Labute approximate surface area is 170 Å². The number of anilines is 2. The third kappa shape index (κ3) is 4.05. The Kier molecular flexibility index (Phi) is 5.76. The van der Waals surface area contributed by atoms with E-state index in [1.54, 1.807) is 37.3 Å². The van der Waals surface area contributed by atoms with Crippen molar-refractivity contribution in [3.8, 4) is 0 Å². The van der Waals surface area contributed by atoms with Gasteiger partial charge in [-0.1, -0.05) is 24.9 Å². The Bertz CT molecular complexity index is 1060. The lowest BCUT2D eigenvalue weighted by atomic mass is 10.1. The maximum Gasteiger partial charge on any atom is 0.286 e. The molecular weight excluding hydrogens is 398 g/mol. The van der Waals surface area contributed by atoms with E-state index in [0.717, 1.165) is 18.4 Å². The number of fused-ring (bicyclic) bond motifs is 1. The zero-order valence-corrected chi connectivity index (χ0v) is 17.6. The molecule has 0 aromatic heterocycles. The quantitative estimate of drug-likeness (QED) is 0.766. The van der Waals surface area contributed by atoms with E-state index in [0.29, 0.717) is 28.8 Å². The number of hydrogen-bond acceptors (Lipinski definition) is 4. The molecule has 0 spiro atoms. The molecule has 2 aromatic rings. The number of carbonyl (C=O) groups is 1. The molecule has 0 unspecified atom stereocenters. The molecule has 0 bridgehead atoms. The molecule has 1 N–H and O–H groups in total. The van der Waals surface area contributed by atoms with E-state index in [1.807, 2.05) is 11.8 Å². The molecule has 1 heterocycles. The first-order chi connectivity index (χ1) is 13.2. The second-order valence-electron chi connectivity index (χ2n) is 6.71. The maximum atomic E-state index is 12.7. The van der Waals surface area contributed by atoms with E-state index in [1.165, 1.54) is 6.07 Å². The van der Waals surface area contributed by atoms with Gasteiger partial charge in [0.05, 0.1) is 5.69 Å². The van der Waals surface area contributed by atoms with Crippen molar-refractivity contribution in [2.75, 3.05) is 16.8 Å². The highest BCUT2D eigenvalue weighted by molar-refractivity contribution is 7.90. The number of amidine groups is 1. The summed E-state index contributed by atoms with van der Waals surface area (Å²) >= 11 is 5.95. The molecule has 1 aliphatic heterocycles. The normalized spacial score (nSPS) is 15.0. The summed E-state index contributed by atoms with van der Waals surface area (Å²) in [5.74, 6) is 0.0461. The fourth-order valence-electron chi connectivity index (χ4n) is 3.09. The third-order valence-electron chi connectivity index (χ3n) is 4.61. The van der Waals surface area contributed by atoms with Crippen LogP contribution in [0.5, 0.6) is 0 Å². The molecule has 0 atom stereocenters. The summed E-state index contributed by atoms with van der Waals surface area (Å²) in [7, 11) is -3.84. The summed E-state index contributed by atoms with van der Waals surface area (Å²) in [4.78, 5) is 14.6. The number of carbonyl (C=O) groups excluding carboxylic acids is 1. The topological polar surface area (TPSA) is 78.8 Å². The van der Waals surface area contributed by atoms with Gasteiger partial charge in [-0.05, 0) is 62.2 Å². The molecule has 0 fully saturated rings. The third-order valence-corrected chi connectivity index (χ3v) is 6.23. The zero-order chi connectivity index (χ0) is 20.5. The first-order valence-electron chi connectivity index (χ1n) is 9.03. The molecule has 0 saturated heterocycles. The predicted molar refractivity (Wildman–Crippen MR) is 113 cm³/mol. The minimum Gasteiger partial charge on any atom is -0.328 e. The van der Waals surface area contributed by atoms with Crippen molar-refractivity contribution in [1.82, 2.24) is 0 Å². The largest absolute Gasteiger partial charge is 0.328 e. The first-order valence-corrected chi connectivity index (χ1v) is 10.9. The van der Waals surface area contributed by atoms with Crippen LogP contribution in [0.2, 0.25) is 5.02 Å². The number of amides is 1. The fraction of sp³-hybridized carbons (Fsp3) is 0.300. The summed E-state index contributed by atoms with van der Waals surface area (Å²) in [5.41, 5.74) is 2.24. The Morgan fingerprint density at radius 3 is 2.61 bits per heavy atom. The van der Waals surface area contributed by atoms with Gasteiger partial charge in [0, 0.05) is 22.8 Å². The average Bonchev–Trinajstić information content (AvgIpc) is 2.63. The van der Waals surface area contributed by atoms with Crippen molar-refractivity contribution in [2.45, 2.75) is 38.5 Å². The Morgan fingerprint density at radius 1 is 1.18 bits per heavy atom. The minimum absolute atomic E-state index is 0.0506. The van der Waals surface area contributed by atoms with Crippen LogP contribution in [0.25, 0.3) is 0 Å². The van der Waals surface area contributed by atoms with Crippen LogP contribution in [0, 0.1) is 6.92 Å². The van der Waals surface area contributed by atoms with E-state index in [4.69, 9.17) is 11.6 Å². The van der Waals surface area contributed by atoms with Crippen molar-refractivity contribution < 1.29 is 13.2 Å². The summed E-state index contributed by atoms with van der Waals surface area (Å²) in [6.45, 7) is 6.26. The number of unbranched alkanes of at least 4 members (excludes halogenated alkanes) is 1.